The van der Waals surface area contributed by atoms with Gasteiger partial charge in [0.2, 0.25) is 0 Å². The Labute approximate surface area is 73.0 Å². The molecule has 0 aromatic carbocycles. The summed E-state index contributed by atoms with van der Waals surface area (Å²) < 4.78 is 0. The van der Waals surface area contributed by atoms with E-state index in [1.54, 1.807) is 0 Å². The molecule has 0 unspecified atom stereocenters. The summed E-state index contributed by atoms with van der Waals surface area (Å²) in [5.74, 6) is -0.853. The van der Waals surface area contributed by atoms with Gasteiger partial charge in [-0.05, 0) is 6.42 Å². The predicted octanol–water partition coefficient (Wildman–Crippen LogP) is -0.159. The molecule has 1 radical (unpaired) electrons. The number of carboxylic acids is 1. The Morgan fingerprint density at radius 2 is 2.00 bits per heavy atom. The Balaban J connectivity index is 0. The zero-order valence-corrected chi connectivity index (χ0v) is 7.34. The van der Waals surface area contributed by atoms with Crippen LogP contribution in [0, 0.1) is 0 Å². The molecule has 0 bridgehead atoms. The van der Waals surface area contributed by atoms with Gasteiger partial charge in [-0.15, -0.1) is 0 Å². The second-order valence-electron chi connectivity index (χ2n) is 1.22. The average molecular weight is 193 g/mol. The standard InChI is InChI=1S/C4H8O3.Y/c5-3-1-2-4(6)7;/h5H,1-3H2,(H,6,7);. The van der Waals surface area contributed by atoms with Gasteiger partial charge in [0, 0.05) is 45.7 Å². The second kappa shape index (κ2) is 7.53. The van der Waals surface area contributed by atoms with E-state index in [-0.39, 0.29) is 45.7 Å². The first-order valence-corrected chi connectivity index (χ1v) is 2.10. The Bertz CT molecular complexity index is 64.3. The number of rotatable bonds is 3. The fourth-order valence-electron chi connectivity index (χ4n) is 0.230. The minimum absolute atomic E-state index is 0. The molecule has 0 rings (SSSR count). The van der Waals surface area contributed by atoms with Crippen LogP contribution < -0.4 is 0 Å². The smallest absolute Gasteiger partial charge is 0.303 e. The van der Waals surface area contributed by atoms with E-state index in [0.717, 1.165) is 0 Å². The third kappa shape index (κ3) is 9.73. The van der Waals surface area contributed by atoms with Crippen LogP contribution in [0.2, 0.25) is 0 Å². The first-order valence-electron chi connectivity index (χ1n) is 2.10. The molecule has 3 nitrogen and oxygen atoms in total. The van der Waals surface area contributed by atoms with Crippen molar-refractivity contribution in [1.29, 1.82) is 0 Å². The summed E-state index contributed by atoms with van der Waals surface area (Å²) >= 11 is 0. The normalized spacial score (nSPS) is 7.62. The second-order valence-corrected chi connectivity index (χ2v) is 1.22. The van der Waals surface area contributed by atoms with Crippen LogP contribution in [0.4, 0.5) is 0 Å². The molecule has 0 aliphatic carbocycles. The molecule has 0 aromatic heterocycles. The molecule has 0 aromatic rings. The molecular weight excluding hydrogens is 185 g/mol. The summed E-state index contributed by atoms with van der Waals surface area (Å²) in [5, 5.41) is 16.0. The third-order valence-electron chi connectivity index (χ3n) is 0.549. The topological polar surface area (TPSA) is 57.5 Å². The summed E-state index contributed by atoms with van der Waals surface area (Å²) in [7, 11) is 0. The van der Waals surface area contributed by atoms with Gasteiger partial charge < -0.3 is 10.2 Å². The van der Waals surface area contributed by atoms with E-state index in [4.69, 9.17) is 10.2 Å². The fourth-order valence-corrected chi connectivity index (χ4v) is 0.230. The van der Waals surface area contributed by atoms with Crippen LogP contribution >= 0.6 is 0 Å². The van der Waals surface area contributed by atoms with Gasteiger partial charge in [0.25, 0.3) is 0 Å². The minimum Gasteiger partial charge on any atom is -0.481 e. The molecule has 0 aliphatic heterocycles. The van der Waals surface area contributed by atoms with Crippen molar-refractivity contribution in [3.05, 3.63) is 0 Å². The van der Waals surface area contributed by atoms with Gasteiger partial charge in [-0.3, -0.25) is 4.79 Å². The van der Waals surface area contributed by atoms with E-state index in [0.29, 0.717) is 6.42 Å². The summed E-state index contributed by atoms with van der Waals surface area (Å²) in [6.07, 6.45) is 0.422. The van der Waals surface area contributed by atoms with Crippen molar-refractivity contribution in [1.82, 2.24) is 0 Å². The predicted molar refractivity (Wildman–Crippen MR) is 24.0 cm³/mol. The largest absolute Gasteiger partial charge is 0.481 e. The zero-order chi connectivity index (χ0) is 5.70. The van der Waals surface area contributed by atoms with E-state index in [1.807, 2.05) is 0 Å². The molecule has 2 N–H and O–H groups in total. The molecule has 0 amide bonds. The molecule has 0 saturated heterocycles. The number of aliphatic hydroxyl groups excluding tert-OH is 1. The monoisotopic (exact) mass is 193 g/mol. The van der Waals surface area contributed by atoms with Gasteiger partial charge in [-0.1, -0.05) is 0 Å². The molecule has 0 heterocycles. The van der Waals surface area contributed by atoms with E-state index in [9.17, 15) is 4.79 Å². The molecule has 0 spiro atoms. The average Bonchev–Trinajstić information content (AvgIpc) is 1.61. The van der Waals surface area contributed by atoms with Gasteiger partial charge in [0.15, 0.2) is 0 Å². The number of aliphatic hydroxyl groups is 1. The van der Waals surface area contributed by atoms with Crippen LogP contribution in [0.3, 0.4) is 0 Å². The van der Waals surface area contributed by atoms with Gasteiger partial charge in [-0.2, -0.15) is 0 Å². The Kier molecular flexibility index (Phi) is 10.7. The van der Waals surface area contributed by atoms with E-state index >= 15 is 0 Å². The summed E-state index contributed by atoms with van der Waals surface area (Å²) in [6, 6.07) is 0. The molecule has 4 heteroatoms. The van der Waals surface area contributed by atoms with Gasteiger partial charge in [0.05, 0.1) is 0 Å². The number of carbonyl (C=O) groups is 1. The Morgan fingerprint density at radius 3 is 2.12 bits per heavy atom. The van der Waals surface area contributed by atoms with Crippen molar-refractivity contribution in [2.45, 2.75) is 12.8 Å². The number of aliphatic carboxylic acids is 1. The zero-order valence-electron chi connectivity index (χ0n) is 4.50. The SMILES string of the molecule is O=C(O)CCCO.[Y]. The number of hydrogen-bond donors (Lipinski definition) is 2. The van der Waals surface area contributed by atoms with Gasteiger partial charge in [0.1, 0.15) is 0 Å². The van der Waals surface area contributed by atoms with Crippen LogP contribution in [-0.2, 0) is 37.5 Å². The van der Waals surface area contributed by atoms with E-state index in [1.165, 1.54) is 0 Å². The molecule has 8 heavy (non-hydrogen) atoms. The van der Waals surface area contributed by atoms with Crippen molar-refractivity contribution in [3.63, 3.8) is 0 Å². The maximum Gasteiger partial charge on any atom is 0.303 e. The van der Waals surface area contributed by atoms with Crippen molar-refractivity contribution in [2.75, 3.05) is 6.61 Å². The molecule has 0 saturated carbocycles. The first kappa shape index (κ1) is 11.3. The van der Waals surface area contributed by atoms with Crippen LogP contribution in [0.25, 0.3) is 0 Å². The summed E-state index contributed by atoms with van der Waals surface area (Å²) in [4.78, 5) is 9.65. The summed E-state index contributed by atoms with van der Waals surface area (Å²) in [6.45, 7) is -0.0354. The summed E-state index contributed by atoms with van der Waals surface area (Å²) in [5.41, 5.74) is 0. The Hall–Kier alpha value is 0.534. The number of carboxylic acid groups (broad SMARTS) is 1. The Morgan fingerprint density at radius 1 is 1.50 bits per heavy atom. The first-order chi connectivity index (χ1) is 3.27. The van der Waals surface area contributed by atoms with Crippen molar-refractivity contribution in [3.8, 4) is 0 Å². The van der Waals surface area contributed by atoms with Crippen LogP contribution in [-0.4, -0.2) is 22.8 Å². The molecule has 0 aliphatic rings. The molecule has 0 fully saturated rings. The molecule has 45 valence electrons. The van der Waals surface area contributed by atoms with Gasteiger partial charge in [-0.25, -0.2) is 0 Å². The molecule has 0 atom stereocenters. The fraction of sp³-hybridized carbons (Fsp3) is 0.750. The minimum atomic E-state index is -0.853. The maximum atomic E-state index is 9.65. The van der Waals surface area contributed by atoms with E-state index < -0.39 is 5.97 Å². The third-order valence-corrected chi connectivity index (χ3v) is 0.549. The maximum absolute atomic E-state index is 9.65. The molecular formula is C4H8O3Y. The van der Waals surface area contributed by atoms with Crippen LogP contribution in [0.15, 0.2) is 0 Å². The van der Waals surface area contributed by atoms with Crippen LogP contribution in [0.1, 0.15) is 12.8 Å². The van der Waals surface area contributed by atoms with Crippen molar-refractivity contribution < 1.29 is 47.7 Å². The van der Waals surface area contributed by atoms with Crippen molar-refractivity contribution in [2.24, 2.45) is 0 Å². The quantitative estimate of drug-likeness (QED) is 0.654. The number of hydrogen-bond acceptors (Lipinski definition) is 2. The van der Waals surface area contributed by atoms with Crippen LogP contribution in [0.5, 0.6) is 0 Å². The van der Waals surface area contributed by atoms with Gasteiger partial charge >= 0.3 is 5.97 Å². The van der Waals surface area contributed by atoms with E-state index in [2.05, 4.69) is 0 Å². The van der Waals surface area contributed by atoms with Crippen molar-refractivity contribution >= 4 is 5.97 Å².